The summed E-state index contributed by atoms with van der Waals surface area (Å²) in [5.74, 6) is -0.922. The number of benzene rings is 1. The van der Waals surface area contributed by atoms with Gasteiger partial charge in [-0.15, -0.1) is 0 Å². The number of carbonyl (C=O) groups excluding carboxylic acids is 1. The smallest absolute Gasteiger partial charge is 0.320 e. The number of hydrogen-bond donors (Lipinski definition) is 1. The number of likely N-dealkylation sites (tertiary alicyclic amines) is 1. The molecule has 5 nitrogen and oxygen atoms in total. The maximum Gasteiger partial charge on any atom is 0.320 e. The van der Waals surface area contributed by atoms with Gasteiger partial charge in [0.2, 0.25) is 5.91 Å². The second kappa shape index (κ2) is 7.11. The molecule has 0 aromatic heterocycles. The lowest BCUT2D eigenvalue weighted by molar-refractivity contribution is -0.143. The van der Waals surface area contributed by atoms with E-state index in [0.717, 1.165) is 12.0 Å². The largest absolute Gasteiger partial charge is 0.480 e. The van der Waals surface area contributed by atoms with Crippen LogP contribution in [0.2, 0.25) is 5.02 Å². The Morgan fingerprint density at radius 2 is 2.05 bits per heavy atom. The van der Waals surface area contributed by atoms with Crippen molar-refractivity contribution in [2.24, 2.45) is 0 Å². The Bertz CT molecular complexity index is 547. The molecular weight excluding hydrogens is 304 g/mol. The second-order valence-corrected chi connectivity index (χ2v) is 6.14. The molecule has 1 saturated heterocycles. The molecule has 120 valence electrons. The topological polar surface area (TPSA) is 60.9 Å². The molecule has 1 fully saturated rings. The summed E-state index contributed by atoms with van der Waals surface area (Å²) in [6.07, 6.45) is 1.43. The van der Waals surface area contributed by atoms with E-state index in [1.54, 1.807) is 29.0 Å². The molecule has 1 aliphatic heterocycles. The summed E-state index contributed by atoms with van der Waals surface area (Å²) in [4.78, 5) is 27.0. The van der Waals surface area contributed by atoms with E-state index < -0.39 is 12.0 Å². The predicted octanol–water partition coefficient (Wildman–Crippen LogP) is 2.41. The van der Waals surface area contributed by atoms with E-state index in [-0.39, 0.29) is 18.5 Å². The van der Waals surface area contributed by atoms with Crippen LogP contribution in [0.25, 0.3) is 0 Å². The van der Waals surface area contributed by atoms with Gasteiger partial charge in [0.25, 0.3) is 0 Å². The van der Waals surface area contributed by atoms with Crippen molar-refractivity contribution in [2.75, 3.05) is 20.1 Å². The molecule has 0 saturated carbocycles. The first-order chi connectivity index (χ1) is 10.4. The van der Waals surface area contributed by atoms with E-state index in [4.69, 9.17) is 16.7 Å². The summed E-state index contributed by atoms with van der Waals surface area (Å²) >= 11 is 5.87. The van der Waals surface area contributed by atoms with Gasteiger partial charge in [-0.25, -0.2) is 0 Å². The molecule has 6 heteroatoms. The number of carboxylic acids is 1. The fourth-order valence-corrected chi connectivity index (χ4v) is 2.89. The van der Waals surface area contributed by atoms with Gasteiger partial charge in [0.1, 0.15) is 6.04 Å². The fourth-order valence-electron chi connectivity index (χ4n) is 2.76. The van der Waals surface area contributed by atoms with Gasteiger partial charge in [-0.05, 0) is 44.0 Å². The van der Waals surface area contributed by atoms with Gasteiger partial charge in [0.15, 0.2) is 0 Å². The quantitative estimate of drug-likeness (QED) is 0.903. The zero-order chi connectivity index (χ0) is 16.3. The number of carbonyl (C=O) groups is 2. The van der Waals surface area contributed by atoms with Gasteiger partial charge in [0, 0.05) is 12.1 Å². The number of aliphatic carboxylic acids is 1. The van der Waals surface area contributed by atoms with E-state index in [1.807, 2.05) is 19.1 Å². The van der Waals surface area contributed by atoms with Crippen LogP contribution in [-0.4, -0.2) is 53.0 Å². The summed E-state index contributed by atoms with van der Waals surface area (Å²) < 4.78 is 0. The molecule has 2 atom stereocenters. The molecule has 1 unspecified atom stereocenters. The standard InChI is InChI=1S/C16H21ClN2O3/c1-11(12-5-7-13(17)8-6-12)18(2)15(20)10-19-9-3-4-14(19)16(21)22/h5-8,11,14H,3-4,9-10H2,1-2H3,(H,21,22)/t11?,14-/m1/s1. The Kier molecular flexibility index (Phi) is 5.42. The lowest BCUT2D eigenvalue weighted by Gasteiger charge is -2.28. The van der Waals surface area contributed by atoms with Crippen LogP contribution in [0.5, 0.6) is 0 Å². The van der Waals surface area contributed by atoms with E-state index in [1.165, 1.54) is 0 Å². The van der Waals surface area contributed by atoms with Crippen LogP contribution in [0.1, 0.15) is 31.4 Å². The zero-order valence-corrected chi connectivity index (χ0v) is 13.6. The predicted molar refractivity (Wildman–Crippen MR) is 84.9 cm³/mol. The summed E-state index contributed by atoms with van der Waals surface area (Å²) in [5.41, 5.74) is 0.997. The monoisotopic (exact) mass is 324 g/mol. The molecule has 22 heavy (non-hydrogen) atoms. The first-order valence-corrected chi connectivity index (χ1v) is 7.76. The Balaban J connectivity index is 1.99. The molecule has 1 aromatic carbocycles. The molecule has 1 aromatic rings. The number of rotatable bonds is 5. The second-order valence-electron chi connectivity index (χ2n) is 5.70. The number of halogens is 1. The van der Waals surface area contributed by atoms with E-state index in [9.17, 15) is 9.59 Å². The third kappa shape index (κ3) is 3.78. The molecule has 1 aliphatic rings. The lowest BCUT2D eigenvalue weighted by atomic mass is 10.1. The number of carboxylic acid groups (broad SMARTS) is 1. The highest BCUT2D eigenvalue weighted by Gasteiger charge is 2.32. The number of hydrogen-bond acceptors (Lipinski definition) is 3. The number of nitrogens with zero attached hydrogens (tertiary/aromatic N) is 2. The van der Waals surface area contributed by atoms with Crippen LogP contribution < -0.4 is 0 Å². The van der Waals surface area contributed by atoms with Crippen molar-refractivity contribution in [3.05, 3.63) is 34.9 Å². The summed E-state index contributed by atoms with van der Waals surface area (Å²) in [5, 5.41) is 9.83. The normalized spacial score (nSPS) is 19.9. The summed E-state index contributed by atoms with van der Waals surface area (Å²) in [6.45, 7) is 2.75. The molecule has 2 rings (SSSR count). The Hall–Kier alpha value is -1.59. The first-order valence-electron chi connectivity index (χ1n) is 7.38. The molecule has 1 amide bonds. The summed E-state index contributed by atoms with van der Waals surface area (Å²) in [6, 6.07) is 6.76. The van der Waals surface area contributed by atoms with Crippen molar-refractivity contribution >= 4 is 23.5 Å². The average molecular weight is 325 g/mol. The van der Waals surface area contributed by atoms with Gasteiger partial charge in [-0.2, -0.15) is 0 Å². The maximum atomic E-state index is 12.4. The van der Waals surface area contributed by atoms with Gasteiger partial charge in [-0.1, -0.05) is 23.7 Å². The third-order valence-electron chi connectivity index (χ3n) is 4.31. The molecule has 1 N–H and O–H groups in total. The van der Waals surface area contributed by atoms with Crippen molar-refractivity contribution < 1.29 is 14.7 Å². The van der Waals surface area contributed by atoms with Crippen LogP contribution in [-0.2, 0) is 9.59 Å². The average Bonchev–Trinajstić information content (AvgIpc) is 2.94. The molecule has 0 radical (unpaired) electrons. The van der Waals surface area contributed by atoms with Crippen LogP contribution in [0.3, 0.4) is 0 Å². The van der Waals surface area contributed by atoms with Crippen LogP contribution >= 0.6 is 11.6 Å². The molecular formula is C16H21ClN2O3. The minimum absolute atomic E-state index is 0.0735. The Morgan fingerprint density at radius 1 is 1.41 bits per heavy atom. The molecule has 1 heterocycles. The van der Waals surface area contributed by atoms with Crippen molar-refractivity contribution in [1.82, 2.24) is 9.80 Å². The van der Waals surface area contributed by atoms with Gasteiger partial charge < -0.3 is 10.0 Å². The SMILES string of the molecule is CC(c1ccc(Cl)cc1)N(C)C(=O)CN1CCC[C@@H]1C(=O)O. The number of amides is 1. The van der Waals surface area contributed by atoms with Crippen molar-refractivity contribution in [3.63, 3.8) is 0 Å². The van der Waals surface area contributed by atoms with Crippen LogP contribution in [0.15, 0.2) is 24.3 Å². The van der Waals surface area contributed by atoms with Gasteiger partial charge >= 0.3 is 5.97 Å². The van der Waals surface area contributed by atoms with Crippen LogP contribution in [0, 0.1) is 0 Å². The highest BCUT2D eigenvalue weighted by molar-refractivity contribution is 6.30. The lowest BCUT2D eigenvalue weighted by Crippen LogP contribution is -2.44. The van der Waals surface area contributed by atoms with Crippen molar-refractivity contribution in [3.8, 4) is 0 Å². The van der Waals surface area contributed by atoms with E-state index in [0.29, 0.717) is 18.0 Å². The molecule has 0 aliphatic carbocycles. The summed E-state index contributed by atoms with van der Waals surface area (Å²) in [7, 11) is 1.74. The third-order valence-corrected chi connectivity index (χ3v) is 4.57. The highest BCUT2D eigenvalue weighted by atomic mass is 35.5. The molecule has 0 bridgehead atoms. The molecule has 0 spiro atoms. The zero-order valence-electron chi connectivity index (χ0n) is 12.8. The van der Waals surface area contributed by atoms with Crippen LogP contribution in [0.4, 0.5) is 0 Å². The fraction of sp³-hybridized carbons (Fsp3) is 0.500. The van der Waals surface area contributed by atoms with Gasteiger partial charge in [0.05, 0.1) is 12.6 Å². The minimum atomic E-state index is -0.848. The Morgan fingerprint density at radius 3 is 2.64 bits per heavy atom. The minimum Gasteiger partial charge on any atom is -0.480 e. The first kappa shape index (κ1) is 16.8. The van der Waals surface area contributed by atoms with Crippen molar-refractivity contribution in [1.29, 1.82) is 0 Å². The van der Waals surface area contributed by atoms with E-state index >= 15 is 0 Å². The van der Waals surface area contributed by atoms with E-state index in [2.05, 4.69) is 0 Å². The highest BCUT2D eigenvalue weighted by Crippen LogP contribution is 2.22. The van der Waals surface area contributed by atoms with Gasteiger partial charge in [-0.3, -0.25) is 14.5 Å². The Labute approximate surface area is 135 Å². The van der Waals surface area contributed by atoms with Crippen molar-refractivity contribution in [2.45, 2.75) is 31.8 Å². The number of likely N-dealkylation sites (N-methyl/N-ethyl adjacent to an activating group) is 1. The maximum absolute atomic E-state index is 12.4.